The number of ether oxygens (including phenoxy) is 2. The largest absolute Gasteiger partial charge is 0.454 e. The molecule has 0 bridgehead atoms. The highest BCUT2D eigenvalue weighted by molar-refractivity contribution is 6.00. The Kier molecular flexibility index (Phi) is 3.56. The summed E-state index contributed by atoms with van der Waals surface area (Å²) < 4.78 is 79.4. The molecule has 1 unspecified atom stereocenters. The van der Waals surface area contributed by atoms with Crippen LogP contribution in [0.3, 0.4) is 0 Å². The van der Waals surface area contributed by atoms with Crippen LogP contribution in [0.5, 0.6) is 11.5 Å². The maximum absolute atomic E-state index is 12.9. The Morgan fingerprint density at radius 2 is 2.29 bits per heavy atom. The number of benzene rings is 1. The summed E-state index contributed by atoms with van der Waals surface area (Å²) in [7, 11) is 0. The molecule has 5 heteroatoms. The Balaban J connectivity index is 0.00000450. The van der Waals surface area contributed by atoms with Crippen LogP contribution in [0.15, 0.2) is 18.2 Å². The first-order chi connectivity index (χ1) is 13.2. The third kappa shape index (κ3) is 4.61. The van der Waals surface area contributed by atoms with E-state index in [9.17, 15) is 4.79 Å². The first-order valence-electron chi connectivity index (χ1n) is 10.9. The lowest BCUT2D eigenvalue weighted by Crippen LogP contribution is -2.37. The van der Waals surface area contributed by atoms with Crippen molar-refractivity contribution in [1.29, 1.82) is 0 Å². The van der Waals surface area contributed by atoms with Crippen LogP contribution in [0, 0.1) is 0 Å². The van der Waals surface area contributed by atoms with Gasteiger partial charge in [-0.05, 0) is 37.5 Å². The molecule has 1 aromatic carbocycles. The summed E-state index contributed by atoms with van der Waals surface area (Å²) in [6, 6.07) is 3.21. The van der Waals surface area contributed by atoms with Crippen molar-refractivity contribution >= 4 is 18.2 Å². The lowest BCUT2D eigenvalue weighted by Gasteiger charge is -2.17. The van der Waals surface area contributed by atoms with Crippen LogP contribution in [0.1, 0.15) is 62.1 Å². The van der Waals surface area contributed by atoms with E-state index in [1.54, 1.807) is 6.92 Å². The van der Waals surface area contributed by atoms with Crippen LogP contribution in [0.25, 0.3) is 0 Å². The fourth-order valence-corrected chi connectivity index (χ4v) is 1.96. The number of hydrogen-bond donors (Lipinski definition) is 1. The first-order valence-corrected chi connectivity index (χ1v) is 6.37. The van der Waals surface area contributed by atoms with Crippen molar-refractivity contribution in [3.8, 4) is 11.5 Å². The number of nitrogens with one attached hydrogen (secondary N) is 1. The van der Waals surface area contributed by atoms with Gasteiger partial charge in [-0.3, -0.25) is 4.79 Å². The Morgan fingerprint density at radius 1 is 1.48 bits per heavy atom. The van der Waals surface area contributed by atoms with Gasteiger partial charge in [-0.15, -0.1) is 12.4 Å². The van der Waals surface area contributed by atoms with Gasteiger partial charge in [0.15, 0.2) is 17.3 Å². The van der Waals surface area contributed by atoms with Crippen LogP contribution in [-0.2, 0) is 0 Å². The fourth-order valence-electron chi connectivity index (χ4n) is 1.96. The van der Waals surface area contributed by atoms with E-state index in [-0.39, 0.29) is 31.2 Å². The second-order valence-electron chi connectivity index (χ2n) is 4.29. The molecule has 21 heavy (non-hydrogen) atoms. The minimum atomic E-state index is -3.50. The summed E-state index contributed by atoms with van der Waals surface area (Å²) >= 11 is 0. The molecular formula is C16H24ClNO3. The van der Waals surface area contributed by atoms with Crippen molar-refractivity contribution in [3.63, 3.8) is 0 Å². The van der Waals surface area contributed by atoms with E-state index in [4.69, 9.17) is 21.8 Å². The third-order valence-electron chi connectivity index (χ3n) is 2.92. The van der Waals surface area contributed by atoms with E-state index < -0.39 is 37.9 Å². The molecule has 1 heterocycles. The summed E-state index contributed by atoms with van der Waals surface area (Å²) in [6.45, 7) is -4.81. The zero-order valence-electron chi connectivity index (χ0n) is 20.6. The fraction of sp³-hybridized carbons (Fsp3) is 0.562. The average Bonchev–Trinajstić information content (AvgIpc) is 3.06. The van der Waals surface area contributed by atoms with Gasteiger partial charge >= 0.3 is 0 Å². The van der Waals surface area contributed by atoms with Crippen molar-refractivity contribution in [1.82, 2.24) is 5.32 Å². The summed E-state index contributed by atoms with van der Waals surface area (Å²) in [5.74, 6) is 0.251. The topological polar surface area (TPSA) is 47.6 Å². The number of carbonyl (C=O) groups is 1. The van der Waals surface area contributed by atoms with Gasteiger partial charge in [0.1, 0.15) is 0 Å². The first kappa shape index (κ1) is 8.39. The molecule has 1 N–H and O–H groups in total. The molecule has 0 amide bonds. The van der Waals surface area contributed by atoms with Crippen molar-refractivity contribution < 1.29 is 26.6 Å². The van der Waals surface area contributed by atoms with E-state index in [0.717, 1.165) is 0 Å². The average molecular weight is 323 g/mol. The maximum atomic E-state index is 12.9. The number of fused-ring (bicyclic) bond motifs is 1. The predicted octanol–water partition coefficient (Wildman–Crippen LogP) is 3.58. The molecule has 0 radical (unpaired) electrons. The molecule has 0 aromatic heterocycles. The van der Waals surface area contributed by atoms with Gasteiger partial charge < -0.3 is 14.8 Å². The number of hydrogen-bond acceptors (Lipinski definition) is 4. The molecule has 0 spiro atoms. The second-order valence-corrected chi connectivity index (χ2v) is 4.29. The highest BCUT2D eigenvalue weighted by Crippen LogP contribution is 2.32. The Hall–Kier alpha value is -1.26. The third-order valence-corrected chi connectivity index (χ3v) is 2.92. The summed E-state index contributed by atoms with van der Waals surface area (Å²) in [6.07, 6.45) is -6.40. The molecular weight excluding hydrogens is 290 g/mol. The number of halogens is 1. The van der Waals surface area contributed by atoms with Crippen molar-refractivity contribution in [3.05, 3.63) is 23.8 Å². The molecule has 2 rings (SSSR count). The van der Waals surface area contributed by atoms with Crippen LogP contribution >= 0.6 is 12.4 Å². The highest BCUT2D eigenvalue weighted by atomic mass is 35.5. The smallest absolute Gasteiger partial charge is 0.231 e. The van der Waals surface area contributed by atoms with Crippen molar-refractivity contribution in [2.45, 2.75) is 45.4 Å². The molecule has 0 aliphatic carbocycles. The summed E-state index contributed by atoms with van der Waals surface area (Å²) in [5, 5.41) is 2.23. The zero-order chi connectivity index (χ0) is 22.3. The monoisotopic (exact) mass is 322 g/mol. The van der Waals surface area contributed by atoms with Gasteiger partial charge in [0, 0.05) is 17.9 Å². The van der Waals surface area contributed by atoms with E-state index in [1.165, 1.54) is 18.2 Å². The SMILES string of the molecule is Cl.[2H]C([2H])([2H])C([2H])([2H])C([2H])([2H])C([2H])([2H])NC(CCC)C(=O)c1ccc2c(c1)OCO2. The van der Waals surface area contributed by atoms with E-state index in [1.807, 2.05) is 0 Å². The summed E-state index contributed by atoms with van der Waals surface area (Å²) in [4.78, 5) is 12.9. The maximum Gasteiger partial charge on any atom is 0.231 e. The van der Waals surface area contributed by atoms with E-state index in [2.05, 4.69) is 5.32 Å². The molecule has 0 saturated heterocycles. The normalized spacial score (nSPS) is 22.6. The molecule has 118 valence electrons. The molecule has 1 aromatic rings. The van der Waals surface area contributed by atoms with Crippen LogP contribution in [0.4, 0.5) is 0 Å². The molecule has 1 aliphatic rings. The molecule has 0 saturated carbocycles. The van der Waals surface area contributed by atoms with Gasteiger partial charge in [-0.25, -0.2) is 0 Å². The van der Waals surface area contributed by atoms with Crippen molar-refractivity contribution in [2.75, 3.05) is 13.3 Å². The van der Waals surface area contributed by atoms with Gasteiger partial charge in [0.25, 0.3) is 0 Å². The standard InChI is InChI=1S/C16H23NO3.ClH/c1-3-5-9-17-13(6-4-2)16(18)12-7-8-14-15(10-12)20-11-19-14;/h7-8,10,13,17H,3-6,9,11H2,1-2H3;1H/i1D3,3D2,5D2,9D2;. The Morgan fingerprint density at radius 3 is 3.05 bits per heavy atom. The summed E-state index contributed by atoms with van der Waals surface area (Å²) in [5.41, 5.74) is 0.176. The quantitative estimate of drug-likeness (QED) is 0.743. The highest BCUT2D eigenvalue weighted by Gasteiger charge is 2.21. The van der Waals surface area contributed by atoms with Crippen LogP contribution in [0.2, 0.25) is 0 Å². The number of rotatable bonds is 8. The van der Waals surface area contributed by atoms with E-state index in [0.29, 0.717) is 17.9 Å². The van der Waals surface area contributed by atoms with E-state index >= 15 is 0 Å². The van der Waals surface area contributed by atoms with Gasteiger partial charge in [-0.2, -0.15) is 0 Å². The molecule has 0 fully saturated rings. The minimum Gasteiger partial charge on any atom is -0.454 e. The van der Waals surface area contributed by atoms with Gasteiger partial charge in [0.05, 0.1) is 6.04 Å². The molecule has 1 atom stereocenters. The lowest BCUT2D eigenvalue weighted by molar-refractivity contribution is 0.0937. The number of Topliss-reactive ketones (excluding diaryl/α,β-unsaturated/α-hetero) is 1. The molecule has 4 nitrogen and oxygen atoms in total. The Bertz CT molecular complexity index is 771. The number of carbonyl (C=O) groups excluding carboxylic acids is 1. The predicted molar refractivity (Wildman–Crippen MR) is 85.8 cm³/mol. The second kappa shape index (κ2) is 8.90. The van der Waals surface area contributed by atoms with Crippen molar-refractivity contribution in [2.24, 2.45) is 0 Å². The van der Waals surface area contributed by atoms with Gasteiger partial charge in [0.2, 0.25) is 6.79 Å². The number of ketones is 1. The van der Waals surface area contributed by atoms with Crippen LogP contribution in [-0.4, -0.2) is 25.1 Å². The van der Waals surface area contributed by atoms with Gasteiger partial charge in [-0.1, -0.05) is 26.6 Å². The lowest BCUT2D eigenvalue weighted by atomic mass is 10.00. The van der Waals surface area contributed by atoms with Crippen LogP contribution < -0.4 is 14.8 Å². The minimum absolute atomic E-state index is 0. The Labute approximate surface area is 145 Å². The zero-order valence-corrected chi connectivity index (χ0v) is 12.4. The molecule has 1 aliphatic heterocycles.